The van der Waals surface area contributed by atoms with E-state index in [9.17, 15) is 9.59 Å². The van der Waals surface area contributed by atoms with E-state index in [1.807, 2.05) is 12.1 Å². The molecule has 7 heteroatoms. The van der Waals surface area contributed by atoms with Crippen molar-refractivity contribution in [2.75, 3.05) is 19.6 Å². The number of nitrogens with zero attached hydrogens (tertiary/aromatic N) is 1. The van der Waals surface area contributed by atoms with Crippen molar-refractivity contribution in [2.24, 2.45) is 5.73 Å². The van der Waals surface area contributed by atoms with Gasteiger partial charge in [0.15, 0.2) is 0 Å². The number of carbonyl (C=O) groups excluding carboxylic acids is 2. The lowest BCUT2D eigenvalue weighted by Crippen LogP contribution is -2.36. The van der Waals surface area contributed by atoms with Gasteiger partial charge in [0.05, 0.1) is 12.3 Å². The molecule has 0 spiro atoms. The molecule has 1 atom stereocenters. The standard InChI is InChI=1S/C24H25N3O4/c25-23(28)17-5-9-19(10-6-17)31-20-11-7-18(8-12-20)24(29)26-16-21(22-4-3-15-30-22)27-13-1-2-14-27/h3-12,15,21H,1-2,13-14,16H2,(H2,25,28)(H,26,29). The Morgan fingerprint density at radius 2 is 1.58 bits per heavy atom. The van der Waals surface area contributed by atoms with Crippen LogP contribution in [-0.2, 0) is 0 Å². The number of rotatable bonds is 8. The van der Waals surface area contributed by atoms with Crippen LogP contribution >= 0.6 is 0 Å². The molecule has 1 unspecified atom stereocenters. The van der Waals surface area contributed by atoms with Gasteiger partial charge in [-0.15, -0.1) is 0 Å². The fraction of sp³-hybridized carbons (Fsp3) is 0.250. The molecule has 1 fully saturated rings. The van der Waals surface area contributed by atoms with Gasteiger partial charge in [-0.1, -0.05) is 0 Å². The molecule has 2 heterocycles. The first-order valence-electron chi connectivity index (χ1n) is 10.3. The van der Waals surface area contributed by atoms with Gasteiger partial charge in [-0.2, -0.15) is 0 Å². The molecule has 7 nitrogen and oxygen atoms in total. The normalized spacial score (nSPS) is 14.8. The number of carbonyl (C=O) groups is 2. The topological polar surface area (TPSA) is 97.8 Å². The Kier molecular flexibility index (Phi) is 6.33. The first kappa shape index (κ1) is 20.7. The van der Waals surface area contributed by atoms with Crippen LogP contribution < -0.4 is 15.8 Å². The van der Waals surface area contributed by atoms with Crippen molar-refractivity contribution in [1.29, 1.82) is 0 Å². The third kappa shape index (κ3) is 5.13. The number of nitrogens with one attached hydrogen (secondary N) is 1. The zero-order valence-corrected chi connectivity index (χ0v) is 17.1. The van der Waals surface area contributed by atoms with Crippen LogP contribution in [0.15, 0.2) is 71.3 Å². The molecule has 1 aliphatic heterocycles. The smallest absolute Gasteiger partial charge is 0.251 e. The fourth-order valence-electron chi connectivity index (χ4n) is 3.73. The van der Waals surface area contributed by atoms with Gasteiger partial charge in [0.1, 0.15) is 17.3 Å². The monoisotopic (exact) mass is 419 g/mol. The third-order valence-corrected chi connectivity index (χ3v) is 5.40. The average Bonchev–Trinajstić information content (AvgIpc) is 3.50. The zero-order chi connectivity index (χ0) is 21.6. The molecule has 160 valence electrons. The SMILES string of the molecule is NC(=O)c1ccc(Oc2ccc(C(=O)NCC(c3ccco3)N3CCCC3)cc2)cc1. The van der Waals surface area contributed by atoms with Crippen molar-refractivity contribution < 1.29 is 18.7 Å². The average molecular weight is 419 g/mol. The second-order valence-corrected chi connectivity index (χ2v) is 7.50. The highest BCUT2D eigenvalue weighted by molar-refractivity contribution is 5.94. The number of likely N-dealkylation sites (tertiary alicyclic amines) is 1. The number of furan rings is 1. The van der Waals surface area contributed by atoms with Crippen molar-refractivity contribution in [3.05, 3.63) is 83.8 Å². The van der Waals surface area contributed by atoms with E-state index >= 15 is 0 Å². The van der Waals surface area contributed by atoms with Crippen molar-refractivity contribution in [3.63, 3.8) is 0 Å². The van der Waals surface area contributed by atoms with E-state index < -0.39 is 5.91 Å². The van der Waals surface area contributed by atoms with E-state index in [4.69, 9.17) is 14.9 Å². The Balaban J connectivity index is 1.35. The first-order chi connectivity index (χ1) is 15.1. The van der Waals surface area contributed by atoms with Gasteiger partial charge in [-0.3, -0.25) is 14.5 Å². The van der Waals surface area contributed by atoms with Crippen molar-refractivity contribution >= 4 is 11.8 Å². The molecule has 1 aliphatic rings. The molecule has 0 aliphatic carbocycles. The summed E-state index contributed by atoms with van der Waals surface area (Å²) in [4.78, 5) is 26.2. The summed E-state index contributed by atoms with van der Waals surface area (Å²) in [6.07, 6.45) is 4.00. The van der Waals surface area contributed by atoms with Crippen LogP contribution in [0.2, 0.25) is 0 Å². The van der Waals surface area contributed by atoms with Crippen LogP contribution in [0.1, 0.15) is 45.4 Å². The van der Waals surface area contributed by atoms with Gasteiger partial charge in [-0.25, -0.2) is 0 Å². The summed E-state index contributed by atoms with van der Waals surface area (Å²) in [7, 11) is 0. The molecule has 0 radical (unpaired) electrons. The van der Waals surface area contributed by atoms with Crippen LogP contribution in [0.25, 0.3) is 0 Å². The van der Waals surface area contributed by atoms with Crippen molar-refractivity contribution in [1.82, 2.24) is 10.2 Å². The molecule has 4 rings (SSSR count). The highest BCUT2D eigenvalue weighted by Gasteiger charge is 2.26. The van der Waals surface area contributed by atoms with Gasteiger partial charge in [0.2, 0.25) is 5.91 Å². The third-order valence-electron chi connectivity index (χ3n) is 5.40. The number of hydrogen-bond donors (Lipinski definition) is 2. The summed E-state index contributed by atoms with van der Waals surface area (Å²) in [6.45, 7) is 2.50. The highest BCUT2D eigenvalue weighted by atomic mass is 16.5. The molecule has 1 saturated heterocycles. The molecule has 0 bridgehead atoms. The first-order valence-corrected chi connectivity index (χ1v) is 10.3. The summed E-state index contributed by atoms with van der Waals surface area (Å²) in [5, 5.41) is 3.02. The van der Waals surface area contributed by atoms with E-state index in [0.717, 1.165) is 31.7 Å². The van der Waals surface area contributed by atoms with Crippen LogP contribution in [-0.4, -0.2) is 36.3 Å². The van der Waals surface area contributed by atoms with Gasteiger partial charge in [0.25, 0.3) is 5.91 Å². The van der Waals surface area contributed by atoms with E-state index in [-0.39, 0.29) is 11.9 Å². The summed E-state index contributed by atoms with van der Waals surface area (Å²) in [5.41, 5.74) is 6.21. The molecular formula is C24H25N3O4. The number of benzene rings is 2. The maximum absolute atomic E-state index is 12.7. The number of hydrogen-bond acceptors (Lipinski definition) is 5. The van der Waals surface area contributed by atoms with E-state index in [0.29, 0.717) is 29.2 Å². The lowest BCUT2D eigenvalue weighted by molar-refractivity contribution is 0.0932. The molecule has 3 N–H and O–H groups in total. The molecule has 0 saturated carbocycles. The predicted octanol–water partition coefficient (Wildman–Crippen LogP) is 3.74. The Bertz CT molecular complexity index is 1010. The minimum atomic E-state index is -0.485. The minimum Gasteiger partial charge on any atom is -0.468 e. The van der Waals surface area contributed by atoms with Gasteiger partial charge in [0, 0.05) is 17.7 Å². The van der Waals surface area contributed by atoms with Crippen molar-refractivity contribution in [2.45, 2.75) is 18.9 Å². The number of ether oxygens (including phenoxy) is 1. The number of primary amides is 1. The van der Waals surface area contributed by atoms with E-state index in [1.54, 1.807) is 54.8 Å². The quantitative estimate of drug-likeness (QED) is 0.580. The summed E-state index contributed by atoms with van der Waals surface area (Å²) in [5.74, 6) is 1.41. The zero-order valence-electron chi connectivity index (χ0n) is 17.1. The lowest BCUT2D eigenvalue weighted by Gasteiger charge is -2.26. The second-order valence-electron chi connectivity index (χ2n) is 7.50. The van der Waals surface area contributed by atoms with Crippen LogP contribution in [0.5, 0.6) is 11.5 Å². The predicted molar refractivity (Wildman–Crippen MR) is 116 cm³/mol. The maximum Gasteiger partial charge on any atom is 0.251 e. The van der Waals surface area contributed by atoms with E-state index in [1.165, 1.54) is 0 Å². The Hall–Kier alpha value is -3.58. The molecule has 3 aromatic rings. The molecule has 2 aromatic carbocycles. The molecule has 1 aromatic heterocycles. The van der Waals surface area contributed by atoms with Gasteiger partial charge in [-0.05, 0) is 86.6 Å². The minimum absolute atomic E-state index is 0.0347. The summed E-state index contributed by atoms with van der Waals surface area (Å²) >= 11 is 0. The largest absolute Gasteiger partial charge is 0.468 e. The Morgan fingerprint density at radius 3 is 2.13 bits per heavy atom. The highest BCUT2D eigenvalue weighted by Crippen LogP contribution is 2.25. The van der Waals surface area contributed by atoms with E-state index in [2.05, 4.69) is 10.2 Å². The Morgan fingerprint density at radius 1 is 0.968 bits per heavy atom. The molecule has 2 amide bonds. The summed E-state index contributed by atoms with van der Waals surface area (Å²) < 4.78 is 11.4. The number of nitrogens with two attached hydrogens (primary N) is 1. The van der Waals surface area contributed by atoms with Crippen LogP contribution in [0.3, 0.4) is 0 Å². The lowest BCUT2D eigenvalue weighted by atomic mass is 10.1. The molecular weight excluding hydrogens is 394 g/mol. The van der Waals surface area contributed by atoms with Crippen LogP contribution in [0.4, 0.5) is 0 Å². The second kappa shape index (κ2) is 9.49. The van der Waals surface area contributed by atoms with Gasteiger partial charge >= 0.3 is 0 Å². The summed E-state index contributed by atoms with van der Waals surface area (Å²) in [6, 6.07) is 17.3. The van der Waals surface area contributed by atoms with Crippen molar-refractivity contribution in [3.8, 4) is 11.5 Å². The number of amides is 2. The fourth-order valence-corrected chi connectivity index (χ4v) is 3.73. The van der Waals surface area contributed by atoms with Crippen LogP contribution in [0, 0.1) is 0 Å². The maximum atomic E-state index is 12.7. The molecule has 31 heavy (non-hydrogen) atoms. The van der Waals surface area contributed by atoms with Gasteiger partial charge < -0.3 is 20.2 Å². The Labute approximate surface area is 180 Å².